The van der Waals surface area contributed by atoms with Gasteiger partial charge in [-0.25, -0.2) is 0 Å². The van der Waals surface area contributed by atoms with Gasteiger partial charge in [-0.3, -0.25) is 14.5 Å². The number of carbonyl (C=O) groups is 2. The molecule has 0 saturated carbocycles. The number of amides is 1. The largest absolute Gasteiger partial charge is 0.481 e. The number of rotatable bonds is 6. The quantitative estimate of drug-likeness (QED) is 0.738. The van der Waals surface area contributed by atoms with Crippen LogP contribution >= 0.6 is 0 Å². The van der Waals surface area contributed by atoms with E-state index < -0.39 is 5.97 Å². The summed E-state index contributed by atoms with van der Waals surface area (Å²) in [6, 6.07) is 0.561. The van der Waals surface area contributed by atoms with Crippen molar-refractivity contribution in [3.8, 4) is 0 Å². The van der Waals surface area contributed by atoms with Crippen LogP contribution in [0.4, 0.5) is 0 Å². The first-order valence-corrected chi connectivity index (χ1v) is 7.40. The monoisotopic (exact) mass is 268 g/mol. The Morgan fingerprint density at radius 3 is 2.42 bits per heavy atom. The first-order valence-electron chi connectivity index (χ1n) is 7.40. The number of likely N-dealkylation sites (tertiary alicyclic amines) is 2. The molecule has 108 valence electrons. The van der Waals surface area contributed by atoms with E-state index in [-0.39, 0.29) is 12.3 Å². The van der Waals surface area contributed by atoms with Gasteiger partial charge in [-0.1, -0.05) is 0 Å². The summed E-state index contributed by atoms with van der Waals surface area (Å²) in [5, 5.41) is 8.55. The summed E-state index contributed by atoms with van der Waals surface area (Å²) in [5.74, 6) is -0.574. The molecule has 5 heteroatoms. The molecule has 5 nitrogen and oxygen atoms in total. The summed E-state index contributed by atoms with van der Waals surface area (Å²) >= 11 is 0. The number of hydrogen-bond donors (Lipinski definition) is 1. The maximum Gasteiger partial charge on any atom is 0.303 e. The molecule has 1 atom stereocenters. The van der Waals surface area contributed by atoms with E-state index in [9.17, 15) is 9.59 Å². The molecular formula is C14H24N2O3. The second kappa shape index (κ2) is 6.89. The molecule has 1 amide bonds. The predicted molar refractivity (Wildman–Crippen MR) is 71.9 cm³/mol. The van der Waals surface area contributed by atoms with Crippen molar-refractivity contribution in [3.63, 3.8) is 0 Å². The second-order valence-corrected chi connectivity index (χ2v) is 5.63. The van der Waals surface area contributed by atoms with Crippen LogP contribution in [0.1, 0.15) is 44.9 Å². The lowest BCUT2D eigenvalue weighted by Gasteiger charge is -2.23. The van der Waals surface area contributed by atoms with E-state index >= 15 is 0 Å². The minimum atomic E-state index is -0.775. The van der Waals surface area contributed by atoms with E-state index in [0.29, 0.717) is 25.3 Å². The molecule has 0 spiro atoms. The zero-order chi connectivity index (χ0) is 13.7. The van der Waals surface area contributed by atoms with Crippen LogP contribution in [0.25, 0.3) is 0 Å². The van der Waals surface area contributed by atoms with Gasteiger partial charge in [-0.2, -0.15) is 0 Å². The molecule has 2 heterocycles. The summed E-state index contributed by atoms with van der Waals surface area (Å²) in [4.78, 5) is 26.9. The van der Waals surface area contributed by atoms with Crippen LogP contribution in [0.5, 0.6) is 0 Å². The van der Waals surface area contributed by atoms with E-state index in [4.69, 9.17) is 5.11 Å². The van der Waals surface area contributed by atoms with Gasteiger partial charge in [0.2, 0.25) is 5.91 Å². The predicted octanol–water partition coefficient (Wildman–Crippen LogP) is 1.33. The second-order valence-electron chi connectivity index (χ2n) is 5.63. The summed E-state index contributed by atoms with van der Waals surface area (Å²) < 4.78 is 0. The molecule has 0 aliphatic carbocycles. The first-order chi connectivity index (χ1) is 9.16. The van der Waals surface area contributed by atoms with E-state index in [1.807, 2.05) is 4.90 Å². The Morgan fingerprint density at radius 1 is 1.05 bits per heavy atom. The lowest BCUT2D eigenvalue weighted by atomic mass is 10.2. The van der Waals surface area contributed by atoms with E-state index in [0.717, 1.165) is 19.5 Å². The van der Waals surface area contributed by atoms with Gasteiger partial charge < -0.3 is 10.0 Å². The van der Waals surface area contributed by atoms with Crippen molar-refractivity contribution in [1.82, 2.24) is 9.80 Å². The lowest BCUT2D eigenvalue weighted by Crippen LogP contribution is -2.37. The molecule has 2 aliphatic rings. The van der Waals surface area contributed by atoms with Crippen molar-refractivity contribution < 1.29 is 14.7 Å². The minimum absolute atomic E-state index is 0.170. The van der Waals surface area contributed by atoms with Crippen molar-refractivity contribution >= 4 is 11.9 Å². The molecule has 2 saturated heterocycles. The highest BCUT2D eigenvalue weighted by Gasteiger charge is 2.31. The maximum absolute atomic E-state index is 12.0. The van der Waals surface area contributed by atoms with Crippen LogP contribution < -0.4 is 0 Å². The molecule has 2 fully saturated rings. The third kappa shape index (κ3) is 4.20. The average molecular weight is 268 g/mol. The van der Waals surface area contributed by atoms with Crippen LogP contribution in [0.3, 0.4) is 0 Å². The number of nitrogens with zero attached hydrogens (tertiary/aromatic N) is 2. The standard InChI is InChI=1S/C14H24N2O3/c17-13(5-1-2-6-14(18)19)16-10-7-12(11-16)15-8-3-4-9-15/h12H,1-11H2,(H,18,19). The Balaban J connectivity index is 1.65. The topological polar surface area (TPSA) is 60.9 Å². The van der Waals surface area contributed by atoms with Crippen molar-refractivity contribution in [3.05, 3.63) is 0 Å². The molecule has 0 aromatic rings. The molecule has 0 aromatic carbocycles. The average Bonchev–Trinajstić information content (AvgIpc) is 3.03. The van der Waals surface area contributed by atoms with Crippen LogP contribution in [0.15, 0.2) is 0 Å². The van der Waals surface area contributed by atoms with E-state index in [1.165, 1.54) is 25.9 Å². The van der Waals surface area contributed by atoms with Crippen LogP contribution in [-0.2, 0) is 9.59 Å². The molecule has 0 radical (unpaired) electrons. The van der Waals surface area contributed by atoms with Gasteiger partial charge >= 0.3 is 5.97 Å². The van der Waals surface area contributed by atoms with Crippen LogP contribution in [0.2, 0.25) is 0 Å². The zero-order valence-electron chi connectivity index (χ0n) is 11.5. The molecule has 0 bridgehead atoms. The van der Waals surface area contributed by atoms with Gasteiger partial charge in [0.25, 0.3) is 0 Å². The summed E-state index contributed by atoms with van der Waals surface area (Å²) in [7, 11) is 0. The Labute approximate surface area is 114 Å². The summed E-state index contributed by atoms with van der Waals surface area (Å²) in [6.45, 7) is 4.12. The van der Waals surface area contributed by atoms with Crippen molar-refractivity contribution in [2.75, 3.05) is 26.2 Å². The minimum Gasteiger partial charge on any atom is -0.481 e. The van der Waals surface area contributed by atoms with Gasteiger partial charge in [0.05, 0.1) is 0 Å². The molecule has 2 aliphatic heterocycles. The number of carboxylic acid groups (broad SMARTS) is 1. The van der Waals surface area contributed by atoms with Crippen LogP contribution in [0, 0.1) is 0 Å². The van der Waals surface area contributed by atoms with E-state index in [2.05, 4.69) is 4.90 Å². The Kier molecular flexibility index (Phi) is 5.19. The molecule has 2 rings (SSSR count). The Hall–Kier alpha value is -1.10. The van der Waals surface area contributed by atoms with Crippen LogP contribution in [-0.4, -0.2) is 59.0 Å². The fraction of sp³-hybridized carbons (Fsp3) is 0.857. The molecule has 1 unspecified atom stereocenters. The first kappa shape index (κ1) is 14.3. The summed E-state index contributed by atoms with van der Waals surface area (Å²) in [5.41, 5.74) is 0. The highest BCUT2D eigenvalue weighted by Crippen LogP contribution is 2.21. The molecule has 0 aromatic heterocycles. The van der Waals surface area contributed by atoms with Crippen molar-refractivity contribution in [2.45, 2.75) is 51.0 Å². The van der Waals surface area contributed by atoms with Gasteiger partial charge in [0.15, 0.2) is 0 Å². The molecule has 19 heavy (non-hydrogen) atoms. The number of carboxylic acids is 1. The number of unbranched alkanes of at least 4 members (excludes halogenated alkanes) is 1. The summed E-state index contributed by atoms with van der Waals surface area (Å²) in [6.07, 6.45) is 5.64. The third-order valence-electron chi connectivity index (χ3n) is 4.20. The van der Waals surface area contributed by atoms with Gasteiger partial charge in [-0.15, -0.1) is 0 Å². The molecule has 1 N–H and O–H groups in total. The van der Waals surface area contributed by atoms with E-state index in [1.54, 1.807) is 0 Å². The lowest BCUT2D eigenvalue weighted by molar-refractivity contribution is -0.137. The maximum atomic E-state index is 12.0. The van der Waals surface area contributed by atoms with Gasteiger partial charge in [0, 0.05) is 32.0 Å². The van der Waals surface area contributed by atoms with Crippen molar-refractivity contribution in [1.29, 1.82) is 0 Å². The van der Waals surface area contributed by atoms with Gasteiger partial charge in [-0.05, 0) is 45.2 Å². The smallest absolute Gasteiger partial charge is 0.303 e. The Morgan fingerprint density at radius 2 is 1.74 bits per heavy atom. The third-order valence-corrected chi connectivity index (χ3v) is 4.20. The normalized spacial score (nSPS) is 24.0. The number of hydrogen-bond acceptors (Lipinski definition) is 3. The Bertz CT molecular complexity index is 327. The fourth-order valence-corrected chi connectivity index (χ4v) is 3.08. The van der Waals surface area contributed by atoms with Gasteiger partial charge in [0.1, 0.15) is 0 Å². The molecular weight excluding hydrogens is 244 g/mol. The zero-order valence-corrected chi connectivity index (χ0v) is 11.5. The SMILES string of the molecule is O=C(O)CCCCC(=O)N1CCC(N2CCCC2)C1. The number of aliphatic carboxylic acids is 1. The highest BCUT2D eigenvalue weighted by atomic mass is 16.4. The highest BCUT2D eigenvalue weighted by molar-refractivity contribution is 5.76. The fourth-order valence-electron chi connectivity index (χ4n) is 3.08. The van der Waals surface area contributed by atoms with Crippen molar-refractivity contribution in [2.24, 2.45) is 0 Å². The number of carbonyl (C=O) groups excluding carboxylic acids is 1.